The number of hydrogen-bond donors (Lipinski definition) is 2. The standard InChI is InChI=1S/C17H19NO2/c19-15-7-5-13(6-8-15)9-10-18-17-12-20-11-14-3-1-2-4-16(14)17/h1-8,17-19H,9-12H2. The van der Waals surface area contributed by atoms with Crippen LogP contribution >= 0.6 is 0 Å². The maximum Gasteiger partial charge on any atom is 0.115 e. The molecule has 0 saturated carbocycles. The quantitative estimate of drug-likeness (QED) is 0.896. The molecule has 0 aromatic heterocycles. The molecule has 2 aromatic rings. The first-order chi connectivity index (χ1) is 9.83. The van der Waals surface area contributed by atoms with Crippen molar-refractivity contribution in [2.75, 3.05) is 13.2 Å². The minimum absolute atomic E-state index is 0.275. The van der Waals surface area contributed by atoms with Crippen LogP contribution < -0.4 is 5.32 Å². The molecule has 0 bridgehead atoms. The molecule has 1 atom stereocenters. The van der Waals surface area contributed by atoms with Crippen LogP contribution in [-0.2, 0) is 17.8 Å². The van der Waals surface area contributed by atoms with E-state index in [0.717, 1.165) is 19.6 Å². The number of nitrogens with one attached hydrogen (secondary N) is 1. The molecule has 3 rings (SSSR count). The molecule has 1 aliphatic rings. The summed E-state index contributed by atoms with van der Waals surface area (Å²) >= 11 is 0. The molecule has 2 N–H and O–H groups in total. The fraction of sp³-hybridized carbons (Fsp3) is 0.294. The third kappa shape index (κ3) is 3.00. The molecule has 0 saturated heterocycles. The molecule has 1 unspecified atom stereocenters. The number of fused-ring (bicyclic) bond motifs is 1. The van der Waals surface area contributed by atoms with Crippen LogP contribution in [-0.4, -0.2) is 18.3 Å². The molecule has 3 nitrogen and oxygen atoms in total. The van der Waals surface area contributed by atoms with Crippen LogP contribution in [0, 0.1) is 0 Å². The van der Waals surface area contributed by atoms with E-state index >= 15 is 0 Å². The molecule has 3 heteroatoms. The normalized spacial score (nSPS) is 17.7. The van der Waals surface area contributed by atoms with Gasteiger partial charge in [-0.2, -0.15) is 0 Å². The van der Waals surface area contributed by atoms with Crippen molar-refractivity contribution in [3.8, 4) is 5.75 Å². The van der Waals surface area contributed by atoms with E-state index in [0.29, 0.717) is 12.4 Å². The predicted molar refractivity (Wildman–Crippen MR) is 78.7 cm³/mol. The molecule has 20 heavy (non-hydrogen) atoms. The minimum Gasteiger partial charge on any atom is -0.508 e. The smallest absolute Gasteiger partial charge is 0.115 e. The Balaban J connectivity index is 1.58. The summed E-state index contributed by atoms with van der Waals surface area (Å²) in [6.45, 7) is 2.34. The lowest BCUT2D eigenvalue weighted by molar-refractivity contribution is 0.0824. The van der Waals surface area contributed by atoms with Gasteiger partial charge in [0.2, 0.25) is 0 Å². The second-order valence-corrected chi connectivity index (χ2v) is 5.14. The van der Waals surface area contributed by atoms with Gasteiger partial charge in [-0.05, 0) is 41.8 Å². The summed E-state index contributed by atoms with van der Waals surface area (Å²) in [5, 5.41) is 12.8. The molecule has 0 radical (unpaired) electrons. The van der Waals surface area contributed by atoms with Crippen LogP contribution in [0.3, 0.4) is 0 Å². The van der Waals surface area contributed by atoms with Crippen molar-refractivity contribution in [3.05, 3.63) is 65.2 Å². The Kier molecular flexibility index (Phi) is 4.00. The van der Waals surface area contributed by atoms with Gasteiger partial charge in [-0.1, -0.05) is 36.4 Å². The topological polar surface area (TPSA) is 41.5 Å². The average Bonchev–Trinajstić information content (AvgIpc) is 2.49. The van der Waals surface area contributed by atoms with Crippen molar-refractivity contribution in [2.24, 2.45) is 0 Å². The van der Waals surface area contributed by atoms with E-state index in [1.54, 1.807) is 12.1 Å². The third-order valence-electron chi connectivity index (χ3n) is 3.71. The van der Waals surface area contributed by atoms with Gasteiger partial charge in [0.15, 0.2) is 0 Å². The van der Waals surface area contributed by atoms with Gasteiger partial charge in [0.25, 0.3) is 0 Å². The molecule has 2 aromatic carbocycles. The van der Waals surface area contributed by atoms with Crippen molar-refractivity contribution in [1.29, 1.82) is 0 Å². The summed E-state index contributed by atoms with van der Waals surface area (Å²) in [4.78, 5) is 0. The average molecular weight is 269 g/mol. The first kappa shape index (κ1) is 13.2. The summed E-state index contributed by atoms with van der Waals surface area (Å²) in [7, 11) is 0. The number of hydrogen-bond acceptors (Lipinski definition) is 3. The Morgan fingerprint density at radius 3 is 2.75 bits per heavy atom. The first-order valence-electron chi connectivity index (χ1n) is 7.00. The van der Waals surface area contributed by atoms with Gasteiger partial charge < -0.3 is 15.2 Å². The largest absolute Gasteiger partial charge is 0.508 e. The molecule has 0 fully saturated rings. The van der Waals surface area contributed by atoms with Crippen LogP contribution in [0.25, 0.3) is 0 Å². The number of phenols is 1. The molecule has 0 amide bonds. The second-order valence-electron chi connectivity index (χ2n) is 5.14. The Labute approximate surface area is 119 Å². The van der Waals surface area contributed by atoms with Crippen molar-refractivity contribution >= 4 is 0 Å². The van der Waals surface area contributed by atoms with E-state index in [1.165, 1.54) is 16.7 Å². The zero-order valence-corrected chi connectivity index (χ0v) is 11.4. The summed E-state index contributed by atoms with van der Waals surface area (Å²) in [6.07, 6.45) is 0.943. The van der Waals surface area contributed by atoms with Crippen molar-refractivity contribution in [2.45, 2.75) is 19.1 Å². The van der Waals surface area contributed by atoms with E-state index in [4.69, 9.17) is 4.74 Å². The van der Waals surface area contributed by atoms with Gasteiger partial charge >= 0.3 is 0 Å². The van der Waals surface area contributed by atoms with E-state index in [-0.39, 0.29) is 6.04 Å². The van der Waals surface area contributed by atoms with Crippen molar-refractivity contribution in [3.63, 3.8) is 0 Å². The minimum atomic E-state index is 0.275. The Bertz CT molecular complexity index is 565. The molecule has 104 valence electrons. The highest BCUT2D eigenvalue weighted by atomic mass is 16.5. The van der Waals surface area contributed by atoms with E-state index in [2.05, 4.69) is 29.6 Å². The monoisotopic (exact) mass is 269 g/mol. The predicted octanol–water partition coefficient (Wildman–Crippen LogP) is 2.80. The SMILES string of the molecule is Oc1ccc(CCNC2COCc3ccccc32)cc1. The molecular formula is C17H19NO2. The summed E-state index contributed by atoms with van der Waals surface area (Å²) in [5.74, 6) is 0.316. The lowest BCUT2D eigenvalue weighted by Gasteiger charge is -2.26. The molecular weight excluding hydrogens is 250 g/mol. The summed E-state index contributed by atoms with van der Waals surface area (Å²) in [6, 6.07) is 16.1. The molecule has 1 heterocycles. The van der Waals surface area contributed by atoms with Crippen LogP contribution in [0.15, 0.2) is 48.5 Å². The fourth-order valence-electron chi connectivity index (χ4n) is 2.60. The van der Waals surface area contributed by atoms with E-state index in [1.807, 2.05) is 12.1 Å². The van der Waals surface area contributed by atoms with Crippen molar-refractivity contribution < 1.29 is 9.84 Å². The van der Waals surface area contributed by atoms with Crippen LogP contribution in [0.1, 0.15) is 22.7 Å². The number of ether oxygens (including phenoxy) is 1. The highest BCUT2D eigenvalue weighted by Gasteiger charge is 2.19. The van der Waals surface area contributed by atoms with Gasteiger partial charge in [-0.3, -0.25) is 0 Å². The maximum atomic E-state index is 9.26. The number of benzene rings is 2. The van der Waals surface area contributed by atoms with Crippen LogP contribution in [0.5, 0.6) is 5.75 Å². The zero-order valence-electron chi connectivity index (χ0n) is 11.4. The summed E-state index contributed by atoms with van der Waals surface area (Å²) in [5.41, 5.74) is 3.85. The van der Waals surface area contributed by atoms with E-state index in [9.17, 15) is 5.11 Å². The number of phenolic OH excluding ortho intramolecular Hbond substituents is 1. The third-order valence-corrected chi connectivity index (χ3v) is 3.71. The first-order valence-corrected chi connectivity index (χ1v) is 7.00. The molecule has 0 aliphatic carbocycles. The summed E-state index contributed by atoms with van der Waals surface area (Å²) < 4.78 is 5.63. The van der Waals surface area contributed by atoms with Gasteiger partial charge in [-0.25, -0.2) is 0 Å². The van der Waals surface area contributed by atoms with E-state index < -0.39 is 0 Å². The zero-order chi connectivity index (χ0) is 13.8. The van der Waals surface area contributed by atoms with Gasteiger partial charge in [0.1, 0.15) is 5.75 Å². The Morgan fingerprint density at radius 1 is 1.10 bits per heavy atom. The Hall–Kier alpha value is -1.84. The second kappa shape index (κ2) is 6.07. The maximum absolute atomic E-state index is 9.26. The fourth-order valence-corrected chi connectivity index (χ4v) is 2.60. The molecule has 0 spiro atoms. The van der Waals surface area contributed by atoms with Gasteiger partial charge in [0.05, 0.1) is 19.3 Å². The lowest BCUT2D eigenvalue weighted by atomic mass is 9.99. The highest BCUT2D eigenvalue weighted by molar-refractivity contribution is 5.31. The molecule has 1 aliphatic heterocycles. The Morgan fingerprint density at radius 2 is 1.90 bits per heavy atom. The van der Waals surface area contributed by atoms with Crippen molar-refractivity contribution in [1.82, 2.24) is 5.32 Å². The number of rotatable bonds is 4. The van der Waals surface area contributed by atoms with Crippen LogP contribution in [0.4, 0.5) is 0 Å². The van der Waals surface area contributed by atoms with Crippen LogP contribution in [0.2, 0.25) is 0 Å². The lowest BCUT2D eigenvalue weighted by Crippen LogP contribution is -2.31. The van der Waals surface area contributed by atoms with Gasteiger partial charge in [-0.15, -0.1) is 0 Å². The highest BCUT2D eigenvalue weighted by Crippen LogP contribution is 2.24. The number of aromatic hydroxyl groups is 1. The van der Waals surface area contributed by atoms with Gasteiger partial charge in [0, 0.05) is 0 Å².